The summed E-state index contributed by atoms with van der Waals surface area (Å²) < 4.78 is 4.99. The SMILES string of the molecule is c1cc(CNC2=NCCCCC2)on1. The molecule has 0 fully saturated rings. The van der Waals surface area contributed by atoms with Crippen molar-refractivity contribution >= 4 is 5.84 Å². The molecule has 1 aliphatic heterocycles. The van der Waals surface area contributed by atoms with Gasteiger partial charge >= 0.3 is 0 Å². The van der Waals surface area contributed by atoms with Crippen LogP contribution in [0.25, 0.3) is 0 Å². The van der Waals surface area contributed by atoms with Gasteiger partial charge in [-0.1, -0.05) is 11.6 Å². The Morgan fingerprint density at radius 3 is 3.21 bits per heavy atom. The first-order valence-corrected chi connectivity index (χ1v) is 5.12. The van der Waals surface area contributed by atoms with E-state index in [-0.39, 0.29) is 0 Å². The van der Waals surface area contributed by atoms with E-state index in [1.807, 2.05) is 6.07 Å². The van der Waals surface area contributed by atoms with Crippen LogP contribution in [0.5, 0.6) is 0 Å². The molecule has 4 heteroatoms. The lowest BCUT2D eigenvalue weighted by Gasteiger charge is -2.05. The highest BCUT2D eigenvalue weighted by molar-refractivity contribution is 5.82. The number of aliphatic imine (C=N–C) groups is 1. The molecule has 76 valence electrons. The van der Waals surface area contributed by atoms with Crippen LogP contribution in [-0.4, -0.2) is 17.5 Å². The van der Waals surface area contributed by atoms with Crippen LogP contribution in [0.2, 0.25) is 0 Å². The van der Waals surface area contributed by atoms with Crippen molar-refractivity contribution in [1.29, 1.82) is 0 Å². The smallest absolute Gasteiger partial charge is 0.155 e. The summed E-state index contributed by atoms with van der Waals surface area (Å²) in [6.45, 7) is 1.65. The Labute approximate surface area is 83.4 Å². The van der Waals surface area contributed by atoms with Crippen LogP contribution in [0.4, 0.5) is 0 Å². The van der Waals surface area contributed by atoms with Crippen LogP contribution in [0.3, 0.4) is 0 Å². The summed E-state index contributed by atoms with van der Waals surface area (Å²) in [7, 11) is 0. The van der Waals surface area contributed by atoms with Gasteiger partial charge in [0.1, 0.15) is 0 Å². The van der Waals surface area contributed by atoms with Crippen molar-refractivity contribution in [2.75, 3.05) is 6.54 Å². The quantitative estimate of drug-likeness (QED) is 0.778. The van der Waals surface area contributed by atoms with Gasteiger partial charge in [0.25, 0.3) is 0 Å². The highest BCUT2D eigenvalue weighted by Crippen LogP contribution is 2.06. The molecule has 1 aliphatic rings. The first-order valence-electron chi connectivity index (χ1n) is 5.12. The molecule has 0 unspecified atom stereocenters. The summed E-state index contributed by atoms with van der Waals surface area (Å²) in [6.07, 6.45) is 6.47. The Hall–Kier alpha value is -1.32. The molecule has 0 saturated heterocycles. The van der Waals surface area contributed by atoms with Crippen molar-refractivity contribution in [3.05, 3.63) is 18.0 Å². The van der Waals surface area contributed by atoms with Gasteiger partial charge in [0, 0.05) is 19.0 Å². The molecule has 1 aromatic heterocycles. The molecule has 0 aromatic carbocycles. The Bertz CT molecular complexity index is 292. The molecule has 0 saturated carbocycles. The monoisotopic (exact) mass is 193 g/mol. The zero-order valence-corrected chi connectivity index (χ0v) is 8.20. The molecule has 1 aromatic rings. The molecule has 2 rings (SSSR count). The average Bonchev–Trinajstić information content (AvgIpc) is 2.58. The van der Waals surface area contributed by atoms with Gasteiger partial charge in [-0.25, -0.2) is 0 Å². The highest BCUT2D eigenvalue weighted by Gasteiger charge is 2.04. The van der Waals surface area contributed by atoms with Crippen LogP contribution in [0.1, 0.15) is 31.4 Å². The summed E-state index contributed by atoms with van der Waals surface area (Å²) in [5, 5.41) is 6.93. The van der Waals surface area contributed by atoms with Crippen molar-refractivity contribution < 1.29 is 4.52 Å². The maximum absolute atomic E-state index is 4.99. The van der Waals surface area contributed by atoms with Crippen LogP contribution < -0.4 is 5.32 Å². The Morgan fingerprint density at radius 1 is 1.36 bits per heavy atom. The lowest BCUT2D eigenvalue weighted by atomic mass is 10.2. The Kier molecular flexibility index (Phi) is 3.16. The number of amidine groups is 1. The molecule has 0 amide bonds. The van der Waals surface area contributed by atoms with Crippen LogP contribution in [-0.2, 0) is 6.54 Å². The van der Waals surface area contributed by atoms with E-state index in [1.54, 1.807) is 6.20 Å². The molecular weight excluding hydrogens is 178 g/mol. The Balaban J connectivity index is 1.82. The fourth-order valence-electron chi connectivity index (χ4n) is 1.54. The minimum absolute atomic E-state index is 0.693. The van der Waals surface area contributed by atoms with Gasteiger partial charge in [-0.15, -0.1) is 0 Å². The van der Waals surface area contributed by atoms with E-state index >= 15 is 0 Å². The molecule has 4 nitrogen and oxygen atoms in total. The topological polar surface area (TPSA) is 50.4 Å². The van der Waals surface area contributed by atoms with Crippen molar-refractivity contribution in [3.8, 4) is 0 Å². The second-order valence-corrected chi connectivity index (χ2v) is 3.47. The van der Waals surface area contributed by atoms with E-state index in [9.17, 15) is 0 Å². The standard InChI is InChI=1S/C10H15N3O/c1-2-4-10(11-6-3-1)12-8-9-5-7-13-14-9/h5,7H,1-4,6,8H2,(H,11,12). The number of nitrogens with zero attached hydrogens (tertiary/aromatic N) is 2. The molecule has 2 heterocycles. The maximum Gasteiger partial charge on any atom is 0.155 e. The van der Waals surface area contributed by atoms with Crippen molar-refractivity contribution in [2.45, 2.75) is 32.2 Å². The maximum atomic E-state index is 4.99. The first-order chi connectivity index (χ1) is 6.95. The van der Waals surface area contributed by atoms with Gasteiger partial charge in [-0.2, -0.15) is 0 Å². The minimum Gasteiger partial charge on any atom is -0.366 e. The van der Waals surface area contributed by atoms with E-state index in [0.29, 0.717) is 6.54 Å². The second kappa shape index (κ2) is 4.79. The summed E-state index contributed by atoms with van der Waals surface area (Å²) in [5.74, 6) is 1.97. The van der Waals surface area contributed by atoms with Crippen LogP contribution in [0.15, 0.2) is 21.8 Å². The number of rotatable bonds is 2. The fourth-order valence-corrected chi connectivity index (χ4v) is 1.54. The summed E-state index contributed by atoms with van der Waals surface area (Å²) in [4.78, 5) is 4.47. The molecule has 0 radical (unpaired) electrons. The van der Waals surface area contributed by atoms with E-state index in [4.69, 9.17) is 4.52 Å². The molecule has 14 heavy (non-hydrogen) atoms. The molecular formula is C10H15N3O. The summed E-state index contributed by atoms with van der Waals surface area (Å²) in [5.41, 5.74) is 0. The third kappa shape index (κ3) is 2.58. The number of hydrogen-bond acceptors (Lipinski definition) is 4. The van der Waals surface area contributed by atoms with Crippen molar-refractivity contribution in [1.82, 2.24) is 10.5 Å². The molecule has 0 spiro atoms. The van der Waals surface area contributed by atoms with Gasteiger partial charge < -0.3 is 9.84 Å². The van der Waals surface area contributed by atoms with Gasteiger partial charge in [-0.05, 0) is 12.8 Å². The molecule has 0 bridgehead atoms. The van der Waals surface area contributed by atoms with E-state index < -0.39 is 0 Å². The normalized spacial score (nSPS) is 17.3. The molecule has 0 aliphatic carbocycles. The van der Waals surface area contributed by atoms with Crippen molar-refractivity contribution in [3.63, 3.8) is 0 Å². The molecule has 0 atom stereocenters. The first kappa shape index (κ1) is 9.24. The minimum atomic E-state index is 0.693. The predicted octanol–water partition coefficient (Wildman–Crippen LogP) is 1.74. The lowest BCUT2D eigenvalue weighted by molar-refractivity contribution is 0.380. The number of aromatic nitrogens is 1. The third-order valence-electron chi connectivity index (χ3n) is 2.33. The zero-order valence-electron chi connectivity index (χ0n) is 8.20. The van der Waals surface area contributed by atoms with E-state index in [0.717, 1.165) is 24.6 Å². The third-order valence-corrected chi connectivity index (χ3v) is 2.33. The van der Waals surface area contributed by atoms with E-state index in [1.165, 1.54) is 19.3 Å². The zero-order chi connectivity index (χ0) is 9.64. The van der Waals surface area contributed by atoms with Gasteiger partial charge in [0.15, 0.2) is 5.76 Å². The van der Waals surface area contributed by atoms with Gasteiger partial charge in [0.05, 0.1) is 18.6 Å². The Morgan fingerprint density at radius 2 is 2.36 bits per heavy atom. The van der Waals surface area contributed by atoms with Gasteiger partial charge in [0.2, 0.25) is 0 Å². The number of hydrogen-bond donors (Lipinski definition) is 1. The fraction of sp³-hybridized carbons (Fsp3) is 0.600. The largest absolute Gasteiger partial charge is 0.366 e. The van der Waals surface area contributed by atoms with Crippen LogP contribution >= 0.6 is 0 Å². The van der Waals surface area contributed by atoms with Gasteiger partial charge in [-0.3, -0.25) is 4.99 Å². The summed E-state index contributed by atoms with van der Waals surface area (Å²) >= 11 is 0. The van der Waals surface area contributed by atoms with E-state index in [2.05, 4.69) is 15.5 Å². The summed E-state index contributed by atoms with van der Waals surface area (Å²) in [6, 6.07) is 1.87. The van der Waals surface area contributed by atoms with Crippen LogP contribution in [0, 0.1) is 0 Å². The molecule has 1 N–H and O–H groups in total. The highest BCUT2D eigenvalue weighted by atomic mass is 16.5. The average molecular weight is 193 g/mol. The predicted molar refractivity (Wildman–Crippen MR) is 54.1 cm³/mol. The van der Waals surface area contributed by atoms with Crippen molar-refractivity contribution in [2.24, 2.45) is 4.99 Å². The second-order valence-electron chi connectivity index (χ2n) is 3.47. The lowest BCUT2D eigenvalue weighted by Crippen LogP contribution is -2.22. The number of nitrogens with one attached hydrogen (secondary N) is 1.